The topological polar surface area (TPSA) is 96.3 Å². The number of aliphatic hydroxyl groups is 1. The summed E-state index contributed by atoms with van der Waals surface area (Å²) in [6, 6.07) is 21.8. The Hall–Kier alpha value is -4.10. The van der Waals surface area contributed by atoms with Gasteiger partial charge in [-0.2, -0.15) is 0 Å². The quantitative estimate of drug-likeness (QED) is 0.300. The van der Waals surface area contributed by atoms with Gasteiger partial charge in [-0.05, 0) is 47.5 Å². The van der Waals surface area contributed by atoms with Crippen LogP contribution in [0.1, 0.15) is 22.7 Å². The zero-order valence-electron chi connectivity index (χ0n) is 18.7. The molecule has 1 saturated heterocycles. The first kappa shape index (κ1) is 23.1. The molecule has 7 heteroatoms. The van der Waals surface area contributed by atoms with E-state index in [0.717, 1.165) is 5.56 Å². The van der Waals surface area contributed by atoms with Crippen molar-refractivity contribution in [3.8, 4) is 11.5 Å². The second-order valence-electron chi connectivity index (χ2n) is 7.88. The number of aliphatic hydroxyl groups excluding tert-OH is 1. The number of nitrogens with zero attached hydrogens (tertiary/aromatic N) is 1. The smallest absolute Gasteiger partial charge is 0.295 e. The molecule has 1 heterocycles. The number of aromatic hydroxyl groups is 1. The van der Waals surface area contributed by atoms with E-state index in [1.165, 1.54) is 24.1 Å². The SMILES string of the molecule is COCCN1C(=O)C(=O)C(=C(O)c2ccc(OCc3ccccc3)cc2)C1c1ccc(O)cc1. The van der Waals surface area contributed by atoms with E-state index in [1.54, 1.807) is 36.4 Å². The third kappa shape index (κ3) is 4.79. The lowest BCUT2D eigenvalue weighted by Crippen LogP contribution is -2.32. The van der Waals surface area contributed by atoms with E-state index >= 15 is 0 Å². The number of rotatable bonds is 8. The van der Waals surface area contributed by atoms with Crippen molar-refractivity contribution in [2.45, 2.75) is 12.6 Å². The number of hydrogen-bond acceptors (Lipinski definition) is 6. The molecular formula is C27H25NO6. The van der Waals surface area contributed by atoms with Crippen LogP contribution < -0.4 is 4.74 Å². The predicted molar refractivity (Wildman–Crippen MR) is 126 cm³/mol. The van der Waals surface area contributed by atoms with Crippen molar-refractivity contribution in [2.75, 3.05) is 20.3 Å². The Kier molecular flexibility index (Phi) is 6.94. The molecule has 1 amide bonds. The minimum Gasteiger partial charge on any atom is -0.508 e. The summed E-state index contributed by atoms with van der Waals surface area (Å²) >= 11 is 0. The van der Waals surface area contributed by atoms with E-state index in [0.29, 0.717) is 23.5 Å². The van der Waals surface area contributed by atoms with Crippen LogP contribution in [0.3, 0.4) is 0 Å². The van der Waals surface area contributed by atoms with Gasteiger partial charge < -0.3 is 24.6 Å². The lowest BCUT2D eigenvalue weighted by molar-refractivity contribution is -0.140. The second-order valence-corrected chi connectivity index (χ2v) is 7.88. The van der Waals surface area contributed by atoms with E-state index in [2.05, 4.69) is 0 Å². The Morgan fingerprint density at radius 3 is 2.26 bits per heavy atom. The number of carbonyl (C=O) groups excluding carboxylic acids is 2. The number of phenols is 1. The molecule has 1 aliphatic heterocycles. The maximum absolute atomic E-state index is 12.9. The second kappa shape index (κ2) is 10.2. The molecule has 1 unspecified atom stereocenters. The van der Waals surface area contributed by atoms with Crippen molar-refractivity contribution in [1.82, 2.24) is 4.90 Å². The summed E-state index contributed by atoms with van der Waals surface area (Å²) in [5.74, 6) is -1.08. The van der Waals surface area contributed by atoms with Gasteiger partial charge >= 0.3 is 0 Å². The molecule has 2 N–H and O–H groups in total. The Morgan fingerprint density at radius 1 is 0.941 bits per heavy atom. The Labute approximate surface area is 197 Å². The maximum Gasteiger partial charge on any atom is 0.295 e. The number of benzene rings is 3. The molecule has 1 aliphatic rings. The number of likely N-dealkylation sites (tertiary alicyclic amines) is 1. The van der Waals surface area contributed by atoms with Crippen molar-refractivity contribution < 1.29 is 29.3 Å². The number of methoxy groups -OCH3 is 1. The maximum atomic E-state index is 12.9. The molecular weight excluding hydrogens is 434 g/mol. The van der Waals surface area contributed by atoms with Gasteiger partial charge in [-0.3, -0.25) is 9.59 Å². The number of carbonyl (C=O) groups is 2. The molecule has 1 atom stereocenters. The van der Waals surface area contributed by atoms with Gasteiger partial charge in [0.15, 0.2) is 0 Å². The number of amides is 1. The first-order valence-electron chi connectivity index (χ1n) is 10.8. The summed E-state index contributed by atoms with van der Waals surface area (Å²) in [5, 5.41) is 20.8. The predicted octanol–water partition coefficient (Wildman–Crippen LogP) is 4.04. The number of ether oxygens (including phenoxy) is 2. The molecule has 4 rings (SSSR count). The highest BCUT2D eigenvalue weighted by atomic mass is 16.5. The summed E-state index contributed by atoms with van der Waals surface area (Å²) < 4.78 is 10.9. The fraction of sp³-hybridized carbons (Fsp3) is 0.185. The lowest BCUT2D eigenvalue weighted by atomic mass is 9.95. The minimum atomic E-state index is -0.801. The summed E-state index contributed by atoms with van der Waals surface area (Å²) in [5.41, 5.74) is 2.00. The fourth-order valence-corrected chi connectivity index (χ4v) is 3.91. The van der Waals surface area contributed by atoms with Crippen LogP contribution in [0.2, 0.25) is 0 Å². The van der Waals surface area contributed by atoms with Crippen LogP contribution in [0.15, 0.2) is 84.4 Å². The molecule has 0 bridgehead atoms. The van der Waals surface area contributed by atoms with Gasteiger partial charge in [0, 0.05) is 19.2 Å². The zero-order chi connectivity index (χ0) is 24.1. The van der Waals surface area contributed by atoms with E-state index < -0.39 is 17.7 Å². The highest BCUT2D eigenvalue weighted by Crippen LogP contribution is 2.39. The highest BCUT2D eigenvalue weighted by Gasteiger charge is 2.45. The molecule has 3 aromatic carbocycles. The Bertz CT molecular complexity index is 1190. The molecule has 0 aliphatic carbocycles. The number of phenolic OH excluding ortho intramolecular Hbond substituents is 1. The first-order valence-corrected chi connectivity index (χ1v) is 10.8. The third-order valence-corrected chi connectivity index (χ3v) is 5.66. The monoisotopic (exact) mass is 459 g/mol. The molecule has 0 spiro atoms. The molecule has 174 valence electrons. The fourth-order valence-electron chi connectivity index (χ4n) is 3.91. The van der Waals surface area contributed by atoms with Gasteiger partial charge in [-0.15, -0.1) is 0 Å². The standard InChI is InChI=1S/C27H25NO6/c1-33-16-15-28-24(19-7-11-21(29)12-8-19)23(26(31)27(28)32)25(30)20-9-13-22(14-10-20)34-17-18-5-3-2-4-6-18/h2-14,24,29-30H,15-17H2,1H3. The Morgan fingerprint density at radius 2 is 1.62 bits per heavy atom. The van der Waals surface area contributed by atoms with Gasteiger partial charge in [-0.25, -0.2) is 0 Å². The highest BCUT2D eigenvalue weighted by molar-refractivity contribution is 6.46. The molecule has 1 fully saturated rings. The minimum absolute atomic E-state index is 0.00949. The third-order valence-electron chi connectivity index (χ3n) is 5.66. The van der Waals surface area contributed by atoms with Crippen LogP contribution in [0.5, 0.6) is 11.5 Å². The van der Waals surface area contributed by atoms with Gasteiger partial charge in [0.25, 0.3) is 11.7 Å². The van der Waals surface area contributed by atoms with Gasteiger partial charge in [0.1, 0.15) is 23.9 Å². The van der Waals surface area contributed by atoms with Crippen molar-refractivity contribution in [2.24, 2.45) is 0 Å². The van der Waals surface area contributed by atoms with Crippen LogP contribution >= 0.6 is 0 Å². The molecule has 3 aromatic rings. The van der Waals surface area contributed by atoms with Crippen LogP contribution in [0.4, 0.5) is 0 Å². The van der Waals surface area contributed by atoms with Crippen LogP contribution in [-0.4, -0.2) is 47.1 Å². The zero-order valence-corrected chi connectivity index (χ0v) is 18.7. The van der Waals surface area contributed by atoms with E-state index in [4.69, 9.17) is 9.47 Å². The molecule has 0 aromatic heterocycles. The van der Waals surface area contributed by atoms with E-state index in [9.17, 15) is 19.8 Å². The summed E-state index contributed by atoms with van der Waals surface area (Å²) in [7, 11) is 1.51. The summed E-state index contributed by atoms with van der Waals surface area (Å²) in [6.07, 6.45) is 0. The normalized spacial score (nSPS) is 17.2. The molecule has 0 saturated carbocycles. The van der Waals surface area contributed by atoms with Crippen LogP contribution in [-0.2, 0) is 20.9 Å². The average Bonchev–Trinajstić information content (AvgIpc) is 3.12. The van der Waals surface area contributed by atoms with Gasteiger partial charge in [0.05, 0.1) is 18.2 Å². The number of hydrogen-bond donors (Lipinski definition) is 2. The molecule has 34 heavy (non-hydrogen) atoms. The Balaban J connectivity index is 1.65. The summed E-state index contributed by atoms with van der Waals surface area (Å²) in [4.78, 5) is 27.1. The van der Waals surface area contributed by atoms with Crippen molar-refractivity contribution in [3.05, 3.63) is 101 Å². The lowest BCUT2D eigenvalue weighted by Gasteiger charge is -2.25. The van der Waals surface area contributed by atoms with Gasteiger partial charge in [-0.1, -0.05) is 42.5 Å². The van der Waals surface area contributed by atoms with Gasteiger partial charge in [0.2, 0.25) is 0 Å². The van der Waals surface area contributed by atoms with Crippen molar-refractivity contribution in [1.29, 1.82) is 0 Å². The average molecular weight is 459 g/mol. The van der Waals surface area contributed by atoms with E-state index in [-0.39, 0.29) is 30.2 Å². The molecule has 0 radical (unpaired) electrons. The first-order chi connectivity index (χ1) is 16.5. The van der Waals surface area contributed by atoms with Crippen LogP contribution in [0.25, 0.3) is 5.76 Å². The largest absolute Gasteiger partial charge is 0.508 e. The number of ketones is 1. The molecule has 7 nitrogen and oxygen atoms in total. The van der Waals surface area contributed by atoms with E-state index in [1.807, 2.05) is 30.3 Å². The summed E-state index contributed by atoms with van der Waals surface area (Å²) in [6.45, 7) is 0.808. The number of Topliss-reactive ketones (excluding diaryl/α,β-unsaturated/α-hetero) is 1. The van der Waals surface area contributed by atoms with Crippen molar-refractivity contribution >= 4 is 17.4 Å². The van der Waals surface area contributed by atoms with Crippen molar-refractivity contribution in [3.63, 3.8) is 0 Å². The van der Waals surface area contributed by atoms with Crippen LogP contribution in [0, 0.1) is 0 Å².